The molecule has 0 radical (unpaired) electrons. The second-order valence-corrected chi connectivity index (χ2v) is 9.75. The first-order valence-electron chi connectivity index (χ1n) is 11.5. The molecule has 5 aromatic rings. The van der Waals surface area contributed by atoms with Crippen molar-refractivity contribution < 1.29 is 10.0 Å². The molecule has 5 rings (SSSR count). The Bertz CT molecular complexity index is 1390. The maximum atomic E-state index is 8.58. The Kier molecular flexibility index (Phi) is 11.0. The van der Waals surface area contributed by atoms with E-state index in [0.717, 1.165) is 31.4 Å². The van der Waals surface area contributed by atoms with E-state index < -0.39 is 7.12 Å². The fourth-order valence-electron chi connectivity index (χ4n) is 3.36. The first-order valence-corrected chi connectivity index (χ1v) is 13.1. The second-order valence-electron chi connectivity index (χ2n) is 7.98. The summed E-state index contributed by atoms with van der Waals surface area (Å²) in [4.78, 5) is 0. The molecule has 4 nitrogen and oxygen atoms in total. The smallest absolute Gasteiger partial charge is 0.423 e. The third kappa shape index (κ3) is 8.91. The third-order valence-corrected chi connectivity index (χ3v) is 6.49. The molecule has 0 heterocycles. The molecule has 7 heteroatoms. The average molecular weight is 618 g/mol. The zero-order valence-corrected chi connectivity index (χ0v) is 23.2. The number of nitrogen functional groups attached to an aromatic ring is 2. The fraction of sp³-hybridized carbons (Fsp3) is 0. The van der Waals surface area contributed by atoms with Gasteiger partial charge in [-0.1, -0.05) is 113 Å². The van der Waals surface area contributed by atoms with Crippen molar-refractivity contribution in [2.45, 2.75) is 0 Å². The van der Waals surface area contributed by atoms with Crippen LogP contribution < -0.4 is 16.9 Å². The molecular formula is C30H27BBr2N2O2. The second kappa shape index (κ2) is 14.4. The summed E-state index contributed by atoms with van der Waals surface area (Å²) in [7, 11) is -1.34. The van der Waals surface area contributed by atoms with Crippen LogP contribution in [-0.4, -0.2) is 17.2 Å². The van der Waals surface area contributed by atoms with Gasteiger partial charge in [-0.15, -0.1) is 0 Å². The van der Waals surface area contributed by atoms with Crippen LogP contribution in [0.1, 0.15) is 0 Å². The number of anilines is 2. The Hall–Kier alpha value is -3.36. The highest BCUT2D eigenvalue weighted by molar-refractivity contribution is 9.11. The normalized spacial score (nSPS) is 9.84. The van der Waals surface area contributed by atoms with Gasteiger partial charge in [0.15, 0.2) is 0 Å². The van der Waals surface area contributed by atoms with Gasteiger partial charge in [0, 0.05) is 25.9 Å². The van der Waals surface area contributed by atoms with Crippen LogP contribution in [0, 0.1) is 0 Å². The van der Waals surface area contributed by atoms with Crippen LogP contribution in [0.3, 0.4) is 0 Å². The van der Waals surface area contributed by atoms with Crippen molar-refractivity contribution in [1.29, 1.82) is 0 Å². The van der Waals surface area contributed by atoms with Crippen LogP contribution >= 0.6 is 31.9 Å². The molecular weight excluding hydrogens is 591 g/mol. The number of hydrogen-bond acceptors (Lipinski definition) is 4. The number of halogens is 2. The lowest BCUT2D eigenvalue weighted by molar-refractivity contribution is 0.426. The Labute approximate surface area is 235 Å². The molecule has 0 saturated heterocycles. The fourth-order valence-corrected chi connectivity index (χ4v) is 4.41. The molecule has 5 aromatic carbocycles. The van der Waals surface area contributed by atoms with Crippen LogP contribution in [0.4, 0.5) is 11.4 Å². The minimum absolute atomic E-state index is 0.525. The van der Waals surface area contributed by atoms with E-state index in [4.69, 9.17) is 21.5 Å². The molecule has 0 atom stereocenters. The molecule has 0 aliphatic heterocycles. The average Bonchev–Trinajstić information content (AvgIpc) is 2.93. The summed E-state index contributed by atoms with van der Waals surface area (Å²) in [5, 5.41) is 17.2. The largest absolute Gasteiger partial charge is 0.488 e. The summed E-state index contributed by atoms with van der Waals surface area (Å²) >= 11 is 6.60. The van der Waals surface area contributed by atoms with Gasteiger partial charge in [-0.3, -0.25) is 0 Å². The summed E-state index contributed by atoms with van der Waals surface area (Å²) in [5.74, 6) is 0. The molecule has 0 aliphatic rings. The van der Waals surface area contributed by atoms with E-state index in [9.17, 15) is 0 Å². The van der Waals surface area contributed by atoms with Crippen molar-refractivity contribution in [2.24, 2.45) is 0 Å². The van der Waals surface area contributed by atoms with Gasteiger partial charge in [0.2, 0.25) is 0 Å². The van der Waals surface area contributed by atoms with Crippen molar-refractivity contribution in [2.75, 3.05) is 11.5 Å². The highest BCUT2D eigenvalue weighted by Gasteiger charge is 2.07. The van der Waals surface area contributed by atoms with Crippen LogP contribution in [0.25, 0.3) is 22.3 Å². The van der Waals surface area contributed by atoms with Gasteiger partial charge >= 0.3 is 7.12 Å². The zero-order chi connectivity index (χ0) is 26.6. The Balaban J connectivity index is 0.000000176. The van der Waals surface area contributed by atoms with Gasteiger partial charge < -0.3 is 21.5 Å². The lowest BCUT2D eigenvalue weighted by Gasteiger charge is -2.09. The van der Waals surface area contributed by atoms with E-state index in [0.29, 0.717) is 5.46 Å². The van der Waals surface area contributed by atoms with Crippen LogP contribution in [0.5, 0.6) is 0 Å². The van der Waals surface area contributed by atoms with Gasteiger partial charge in [0.05, 0.1) is 0 Å². The van der Waals surface area contributed by atoms with E-state index in [1.54, 1.807) is 24.3 Å². The third-order valence-electron chi connectivity index (χ3n) is 5.31. The minimum Gasteiger partial charge on any atom is -0.423 e. The highest BCUT2D eigenvalue weighted by atomic mass is 79.9. The van der Waals surface area contributed by atoms with Crippen molar-refractivity contribution in [3.8, 4) is 22.3 Å². The molecule has 0 amide bonds. The molecule has 6 N–H and O–H groups in total. The Morgan fingerprint density at radius 2 is 1.03 bits per heavy atom. The molecule has 0 bridgehead atoms. The number of nitrogens with two attached hydrogens (primary N) is 2. The molecule has 186 valence electrons. The van der Waals surface area contributed by atoms with E-state index in [2.05, 4.69) is 68.3 Å². The molecule has 0 fully saturated rings. The maximum Gasteiger partial charge on any atom is 0.488 e. The monoisotopic (exact) mass is 616 g/mol. The van der Waals surface area contributed by atoms with Gasteiger partial charge in [0.25, 0.3) is 0 Å². The Morgan fingerprint density at radius 3 is 1.51 bits per heavy atom. The molecule has 0 aromatic heterocycles. The minimum atomic E-state index is -1.34. The molecule has 0 saturated carbocycles. The summed E-state index contributed by atoms with van der Waals surface area (Å²) in [6, 6.07) is 41.1. The lowest BCUT2D eigenvalue weighted by atomic mass is 9.81. The molecule has 0 unspecified atom stereocenters. The van der Waals surface area contributed by atoms with E-state index >= 15 is 0 Å². The molecule has 0 spiro atoms. The van der Waals surface area contributed by atoms with Crippen LogP contribution in [0.15, 0.2) is 136 Å². The highest BCUT2D eigenvalue weighted by Crippen LogP contribution is 2.31. The van der Waals surface area contributed by atoms with Crippen molar-refractivity contribution in [3.05, 3.63) is 136 Å². The van der Waals surface area contributed by atoms with E-state index in [1.165, 1.54) is 11.1 Å². The first-order chi connectivity index (χ1) is 17.8. The van der Waals surface area contributed by atoms with Gasteiger partial charge in [-0.05, 0) is 68.4 Å². The summed E-state index contributed by atoms with van der Waals surface area (Å²) in [5.41, 5.74) is 18.4. The predicted octanol–water partition coefficient (Wildman–Crippen LogP) is 6.76. The predicted molar refractivity (Wildman–Crippen MR) is 164 cm³/mol. The molecule has 37 heavy (non-hydrogen) atoms. The zero-order valence-electron chi connectivity index (χ0n) is 20.0. The van der Waals surface area contributed by atoms with Crippen molar-refractivity contribution in [3.63, 3.8) is 0 Å². The van der Waals surface area contributed by atoms with Gasteiger partial charge in [-0.2, -0.15) is 0 Å². The Morgan fingerprint density at radius 1 is 0.514 bits per heavy atom. The topological polar surface area (TPSA) is 92.5 Å². The van der Waals surface area contributed by atoms with Crippen molar-refractivity contribution in [1.82, 2.24) is 0 Å². The summed E-state index contributed by atoms with van der Waals surface area (Å²) in [6.45, 7) is 0. The van der Waals surface area contributed by atoms with E-state index in [1.807, 2.05) is 66.7 Å². The van der Waals surface area contributed by atoms with Crippen molar-refractivity contribution >= 4 is 55.8 Å². The van der Waals surface area contributed by atoms with Crippen LogP contribution in [-0.2, 0) is 0 Å². The maximum absolute atomic E-state index is 8.58. The first kappa shape index (κ1) is 28.2. The SMILES string of the molecule is Nc1ccc(-c2ccccc2)cc1-c1ccccc1.Nc1ccc(Br)cc1Br.OB(O)c1ccccc1. The number of rotatable bonds is 3. The standard InChI is InChI=1S/C18H15N.C6H7BO2.C6H5Br2N/c19-18-12-11-16(14-7-3-1-4-8-14)13-17(18)15-9-5-2-6-10-15;8-7(9)6-4-2-1-3-5-6;7-4-1-2-6(9)5(8)3-4/h1-13H,19H2;1-5,8-9H;1-3H,9H2. The quantitative estimate of drug-likeness (QED) is 0.133. The van der Waals surface area contributed by atoms with Gasteiger partial charge in [0.1, 0.15) is 0 Å². The number of benzene rings is 5. The summed E-state index contributed by atoms with van der Waals surface area (Å²) in [6.07, 6.45) is 0. The van der Waals surface area contributed by atoms with E-state index in [-0.39, 0.29) is 0 Å². The number of hydrogen-bond donors (Lipinski definition) is 4. The van der Waals surface area contributed by atoms with Crippen LogP contribution in [0.2, 0.25) is 0 Å². The molecule has 0 aliphatic carbocycles. The summed E-state index contributed by atoms with van der Waals surface area (Å²) < 4.78 is 1.96. The van der Waals surface area contributed by atoms with Gasteiger partial charge in [-0.25, -0.2) is 0 Å². The lowest BCUT2D eigenvalue weighted by Crippen LogP contribution is -2.29.